The molecule has 2 N–H and O–H groups in total. The zero-order valence-corrected chi connectivity index (χ0v) is 13.7. The molecule has 0 unspecified atom stereocenters. The average molecular weight is 329 g/mol. The molecule has 0 bridgehead atoms. The van der Waals surface area contributed by atoms with Gasteiger partial charge in [0.1, 0.15) is 5.82 Å². The predicted octanol–water partition coefficient (Wildman–Crippen LogP) is 3.91. The molecule has 2 aromatic rings. The minimum absolute atomic E-state index is 0.228. The van der Waals surface area contributed by atoms with Crippen LogP contribution >= 0.6 is 12.2 Å². The van der Waals surface area contributed by atoms with Crippen molar-refractivity contribution < 1.29 is 4.39 Å². The lowest BCUT2D eigenvalue weighted by Crippen LogP contribution is -2.29. The number of benzene rings is 2. The summed E-state index contributed by atoms with van der Waals surface area (Å²) in [6.45, 7) is 2.75. The van der Waals surface area contributed by atoms with Gasteiger partial charge >= 0.3 is 0 Å². The Hall–Kier alpha value is -2.14. The van der Waals surface area contributed by atoms with Crippen LogP contribution < -0.4 is 15.5 Å². The summed E-state index contributed by atoms with van der Waals surface area (Å²) >= 11 is 5.38. The van der Waals surface area contributed by atoms with Crippen LogP contribution in [-0.4, -0.2) is 18.2 Å². The Labute approximate surface area is 141 Å². The Bertz CT molecular complexity index is 666. The van der Waals surface area contributed by atoms with Gasteiger partial charge in [-0.05, 0) is 54.9 Å². The smallest absolute Gasteiger partial charge is 0.171 e. The maximum Gasteiger partial charge on any atom is 0.171 e. The molecule has 0 amide bonds. The molecule has 1 aliphatic heterocycles. The first-order chi connectivity index (χ1) is 11.2. The molecule has 0 radical (unpaired) electrons. The number of anilines is 2. The maximum absolute atomic E-state index is 12.9. The monoisotopic (exact) mass is 329 g/mol. The number of nitrogens with one attached hydrogen (secondary N) is 2. The largest absolute Gasteiger partial charge is 0.370 e. The Morgan fingerprint density at radius 2 is 1.74 bits per heavy atom. The van der Waals surface area contributed by atoms with Crippen LogP contribution in [0.5, 0.6) is 0 Å². The highest BCUT2D eigenvalue weighted by molar-refractivity contribution is 7.80. The van der Waals surface area contributed by atoms with E-state index in [1.165, 1.54) is 30.7 Å². The first-order valence-corrected chi connectivity index (χ1v) is 8.26. The number of rotatable bonds is 4. The predicted molar refractivity (Wildman–Crippen MR) is 97.3 cm³/mol. The van der Waals surface area contributed by atoms with Gasteiger partial charge in [-0.25, -0.2) is 4.39 Å². The molecule has 0 spiro atoms. The van der Waals surface area contributed by atoms with Crippen LogP contribution in [0.15, 0.2) is 48.5 Å². The first-order valence-electron chi connectivity index (χ1n) is 7.85. The molecule has 3 nitrogen and oxygen atoms in total. The van der Waals surface area contributed by atoms with Crippen molar-refractivity contribution in [1.82, 2.24) is 5.32 Å². The molecule has 1 fully saturated rings. The van der Waals surface area contributed by atoms with Gasteiger partial charge in [0.15, 0.2) is 5.11 Å². The molecule has 1 aliphatic rings. The Morgan fingerprint density at radius 1 is 1.04 bits per heavy atom. The zero-order chi connectivity index (χ0) is 16.1. The molecule has 0 saturated carbocycles. The molecular weight excluding hydrogens is 309 g/mol. The van der Waals surface area contributed by atoms with Crippen LogP contribution in [-0.2, 0) is 6.54 Å². The fourth-order valence-electron chi connectivity index (χ4n) is 2.76. The van der Waals surface area contributed by atoms with Crippen molar-refractivity contribution in [3.05, 3.63) is 59.9 Å². The van der Waals surface area contributed by atoms with E-state index in [1.54, 1.807) is 12.1 Å². The summed E-state index contributed by atoms with van der Waals surface area (Å²) in [7, 11) is 0. The summed E-state index contributed by atoms with van der Waals surface area (Å²) in [4.78, 5) is 2.38. The average Bonchev–Trinajstić information content (AvgIpc) is 3.09. The molecule has 0 aliphatic carbocycles. The number of nitrogens with zero attached hydrogens (tertiary/aromatic N) is 1. The Kier molecular flexibility index (Phi) is 5.08. The number of hydrogen-bond donors (Lipinski definition) is 2. The van der Waals surface area contributed by atoms with E-state index in [1.807, 2.05) is 18.2 Å². The Morgan fingerprint density at radius 3 is 2.48 bits per heavy atom. The van der Waals surface area contributed by atoms with E-state index in [0.29, 0.717) is 11.7 Å². The van der Waals surface area contributed by atoms with Gasteiger partial charge in [0.2, 0.25) is 0 Å². The second-order valence-electron chi connectivity index (χ2n) is 5.65. The summed E-state index contributed by atoms with van der Waals surface area (Å²) < 4.78 is 12.9. The topological polar surface area (TPSA) is 27.3 Å². The van der Waals surface area contributed by atoms with E-state index < -0.39 is 0 Å². The molecule has 0 atom stereocenters. The van der Waals surface area contributed by atoms with Crippen molar-refractivity contribution in [2.75, 3.05) is 23.3 Å². The molecule has 23 heavy (non-hydrogen) atoms. The van der Waals surface area contributed by atoms with Crippen molar-refractivity contribution in [3.8, 4) is 0 Å². The van der Waals surface area contributed by atoms with Crippen LogP contribution in [0.4, 0.5) is 15.8 Å². The molecular formula is C18H20FN3S. The molecule has 2 aromatic carbocycles. The fourth-order valence-corrected chi connectivity index (χ4v) is 2.95. The summed E-state index contributed by atoms with van der Waals surface area (Å²) in [6.07, 6.45) is 2.48. The second kappa shape index (κ2) is 7.42. The van der Waals surface area contributed by atoms with E-state index in [2.05, 4.69) is 21.6 Å². The molecule has 1 heterocycles. The highest BCUT2D eigenvalue weighted by Crippen LogP contribution is 2.28. The van der Waals surface area contributed by atoms with Gasteiger partial charge in [-0.15, -0.1) is 0 Å². The van der Waals surface area contributed by atoms with E-state index >= 15 is 0 Å². The van der Waals surface area contributed by atoms with Gasteiger partial charge < -0.3 is 15.5 Å². The quantitative estimate of drug-likeness (QED) is 0.832. The minimum Gasteiger partial charge on any atom is -0.370 e. The second-order valence-corrected chi connectivity index (χ2v) is 6.05. The molecule has 1 saturated heterocycles. The standard InChI is InChI=1S/C18H20FN3S/c19-15-9-7-14(8-10-15)13-20-18(23)21-16-5-1-2-6-17(16)22-11-3-4-12-22/h1-2,5-10H,3-4,11-13H2,(H2,20,21,23). The lowest BCUT2D eigenvalue weighted by Gasteiger charge is -2.22. The third-order valence-corrected chi connectivity index (χ3v) is 4.21. The zero-order valence-electron chi connectivity index (χ0n) is 12.9. The van der Waals surface area contributed by atoms with E-state index in [4.69, 9.17) is 12.2 Å². The highest BCUT2D eigenvalue weighted by Gasteiger charge is 2.15. The third kappa shape index (κ3) is 4.20. The van der Waals surface area contributed by atoms with Gasteiger partial charge in [0, 0.05) is 19.6 Å². The van der Waals surface area contributed by atoms with Gasteiger partial charge in [-0.2, -0.15) is 0 Å². The van der Waals surface area contributed by atoms with Crippen LogP contribution in [0, 0.1) is 5.82 Å². The summed E-state index contributed by atoms with van der Waals surface area (Å²) in [5.41, 5.74) is 3.20. The van der Waals surface area contributed by atoms with Crippen LogP contribution in [0.25, 0.3) is 0 Å². The van der Waals surface area contributed by atoms with Crippen molar-refractivity contribution in [3.63, 3.8) is 0 Å². The van der Waals surface area contributed by atoms with Gasteiger partial charge in [-0.3, -0.25) is 0 Å². The number of halogens is 1. The fraction of sp³-hybridized carbons (Fsp3) is 0.278. The van der Waals surface area contributed by atoms with E-state index in [-0.39, 0.29) is 5.82 Å². The number of hydrogen-bond acceptors (Lipinski definition) is 2. The van der Waals surface area contributed by atoms with Crippen molar-refractivity contribution in [2.24, 2.45) is 0 Å². The van der Waals surface area contributed by atoms with Gasteiger partial charge in [0.25, 0.3) is 0 Å². The molecule has 0 aromatic heterocycles. The lowest BCUT2D eigenvalue weighted by atomic mass is 10.2. The minimum atomic E-state index is -0.228. The number of para-hydroxylation sites is 2. The van der Waals surface area contributed by atoms with E-state index in [0.717, 1.165) is 24.3 Å². The molecule has 3 rings (SSSR count). The van der Waals surface area contributed by atoms with E-state index in [9.17, 15) is 4.39 Å². The third-order valence-electron chi connectivity index (χ3n) is 3.97. The molecule has 5 heteroatoms. The van der Waals surface area contributed by atoms with Crippen molar-refractivity contribution >= 4 is 28.7 Å². The SMILES string of the molecule is Fc1ccc(CNC(=S)Nc2ccccc2N2CCCC2)cc1. The summed E-state index contributed by atoms with van der Waals surface area (Å²) in [6, 6.07) is 14.6. The number of thiocarbonyl (C=S) groups is 1. The van der Waals surface area contributed by atoms with Gasteiger partial charge in [0.05, 0.1) is 11.4 Å². The van der Waals surface area contributed by atoms with Gasteiger partial charge in [-0.1, -0.05) is 24.3 Å². The van der Waals surface area contributed by atoms with Crippen molar-refractivity contribution in [2.45, 2.75) is 19.4 Å². The van der Waals surface area contributed by atoms with Crippen molar-refractivity contribution in [1.29, 1.82) is 0 Å². The van der Waals surface area contributed by atoms with Crippen LogP contribution in [0.3, 0.4) is 0 Å². The highest BCUT2D eigenvalue weighted by atomic mass is 32.1. The summed E-state index contributed by atoms with van der Waals surface area (Å²) in [5.74, 6) is -0.228. The Balaban J connectivity index is 1.60. The first kappa shape index (κ1) is 15.7. The maximum atomic E-state index is 12.9. The van der Waals surface area contributed by atoms with Crippen LogP contribution in [0.2, 0.25) is 0 Å². The van der Waals surface area contributed by atoms with Crippen LogP contribution in [0.1, 0.15) is 18.4 Å². The lowest BCUT2D eigenvalue weighted by molar-refractivity contribution is 0.627. The summed E-state index contributed by atoms with van der Waals surface area (Å²) in [5, 5.41) is 7.01. The molecule has 120 valence electrons. The normalized spacial score (nSPS) is 13.9.